The Hall–Kier alpha value is -0.453. The molecule has 0 bridgehead atoms. The Morgan fingerprint density at radius 2 is 1.68 bits per heavy atom. The van der Waals surface area contributed by atoms with Crippen molar-refractivity contribution in [3.05, 3.63) is 29.8 Å². The third kappa shape index (κ3) is 5.20. The van der Waals surface area contributed by atoms with Gasteiger partial charge >= 0.3 is 0 Å². The second kappa shape index (κ2) is 5.90. The summed E-state index contributed by atoms with van der Waals surface area (Å²) in [6, 6.07) is 8.63. The average molecular weight is 299 g/mol. The molecule has 0 unspecified atom stereocenters. The van der Waals surface area contributed by atoms with Gasteiger partial charge in [0.1, 0.15) is 0 Å². The summed E-state index contributed by atoms with van der Waals surface area (Å²) in [6.45, 7) is 12.3. The van der Waals surface area contributed by atoms with Crippen molar-refractivity contribution in [2.45, 2.75) is 62.2 Å². The number of rotatable bonds is 5. The molecule has 0 aliphatic carbocycles. The van der Waals surface area contributed by atoms with E-state index < -0.39 is 24.5 Å². The van der Waals surface area contributed by atoms with E-state index in [2.05, 4.69) is 19.6 Å². The van der Waals surface area contributed by atoms with Crippen LogP contribution in [0.4, 0.5) is 0 Å². The minimum atomic E-state index is -1.39. The summed E-state index contributed by atoms with van der Waals surface area (Å²) < 4.78 is 12.8. The largest absolute Gasteiger partial charge is 0.389 e. The fourth-order valence-corrected chi connectivity index (χ4v) is 6.95. The zero-order valence-electron chi connectivity index (χ0n) is 12.9. The van der Waals surface area contributed by atoms with Crippen LogP contribution in [0.3, 0.4) is 0 Å². The molecule has 0 aromatic heterocycles. The quantitative estimate of drug-likeness (QED) is 0.844. The molecule has 0 radical (unpaired) electrons. The van der Waals surface area contributed by atoms with Gasteiger partial charge in [0, 0.05) is 13.0 Å². The van der Waals surface area contributed by atoms with Crippen molar-refractivity contribution in [3.8, 4) is 0 Å². The van der Waals surface area contributed by atoms with Crippen molar-refractivity contribution in [2.24, 2.45) is 0 Å². The van der Waals surface area contributed by atoms with E-state index >= 15 is 0 Å². The van der Waals surface area contributed by atoms with Gasteiger partial charge in [-0.25, -0.2) is 0 Å². The van der Waals surface area contributed by atoms with Crippen LogP contribution in [-0.4, -0.2) is 28.2 Å². The molecule has 0 amide bonds. The maximum atomic E-state index is 12.8. The van der Waals surface area contributed by atoms with Gasteiger partial charge in [-0.15, -0.1) is 0 Å². The van der Waals surface area contributed by atoms with Crippen molar-refractivity contribution in [3.63, 3.8) is 0 Å². The second-order valence-corrected chi connectivity index (χ2v) is 14.2. The van der Waals surface area contributed by atoms with Crippen molar-refractivity contribution in [1.29, 1.82) is 0 Å². The van der Waals surface area contributed by atoms with E-state index in [0.29, 0.717) is 0 Å². The van der Waals surface area contributed by atoms with Gasteiger partial charge in [0.15, 0.2) is 0 Å². The summed E-state index contributed by atoms with van der Waals surface area (Å²) in [6.07, 6.45) is 0. The SMILES string of the molecule is Cc1ccc([S@](=O)[C@@H](C[Si](C)(C)C)C(C)(C)O)cc1. The highest BCUT2D eigenvalue weighted by Gasteiger charge is 2.36. The van der Waals surface area contributed by atoms with E-state index in [4.69, 9.17) is 0 Å². The van der Waals surface area contributed by atoms with Gasteiger partial charge in [0.2, 0.25) is 0 Å². The lowest BCUT2D eigenvalue weighted by atomic mass is 10.1. The zero-order chi connectivity index (χ0) is 14.8. The Kier molecular flexibility index (Phi) is 5.15. The normalized spacial score (nSPS) is 16.2. The number of aryl methyl sites for hydroxylation is 1. The first-order valence-electron chi connectivity index (χ1n) is 6.70. The molecule has 1 aromatic rings. The molecule has 2 atom stereocenters. The summed E-state index contributed by atoms with van der Waals surface area (Å²) in [5.41, 5.74) is 0.237. The van der Waals surface area contributed by atoms with E-state index in [1.54, 1.807) is 13.8 Å². The summed E-state index contributed by atoms with van der Waals surface area (Å²) in [7, 11) is -2.55. The molecule has 2 nitrogen and oxygen atoms in total. The summed E-state index contributed by atoms with van der Waals surface area (Å²) in [5.74, 6) is 0. The average Bonchev–Trinajstić information content (AvgIpc) is 2.23. The van der Waals surface area contributed by atoms with Crippen LogP contribution < -0.4 is 0 Å². The molecule has 0 heterocycles. The van der Waals surface area contributed by atoms with E-state index in [9.17, 15) is 9.32 Å². The topological polar surface area (TPSA) is 37.3 Å². The van der Waals surface area contributed by atoms with Crippen molar-refractivity contribution < 1.29 is 9.32 Å². The van der Waals surface area contributed by atoms with Crippen LogP contribution in [0.5, 0.6) is 0 Å². The first-order valence-corrected chi connectivity index (χ1v) is 11.6. The van der Waals surface area contributed by atoms with E-state index in [0.717, 1.165) is 16.5 Å². The highest BCUT2D eigenvalue weighted by atomic mass is 32.2. The van der Waals surface area contributed by atoms with Gasteiger partial charge in [-0.05, 0) is 38.9 Å². The molecule has 0 aliphatic rings. The fraction of sp³-hybridized carbons (Fsp3) is 0.600. The second-order valence-electron chi connectivity index (χ2n) is 7.02. The molecular weight excluding hydrogens is 272 g/mol. The molecule has 0 spiro atoms. The summed E-state index contributed by atoms with van der Waals surface area (Å²) in [4.78, 5) is 0.816. The first kappa shape index (κ1) is 16.6. The van der Waals surface area contributed by atoms with Crippen LogP contribution >= 0.6 is 0 Å². The molecule has 1 rings (SSSR count). The van der Waals surface area contributed by atoms with Crippen LogP contribution in [-0.2, 0) is 10.8 Å². The zero-order valence-corrected chi connectivity index (χ0v) is 14.7. The van der Waals surface area contributed by atoms with E-state index in [-0.39, 0.29) is 5.25 Å². The Morgan fingerprint density at radius 3 is 2.05 bits per heavy atom. The minimum absolute atomic E-state index is 0.207. The van der Waals surface area contributed by atoms with Crippen LogP contribution in [0.25, 0.3) is 0 Å². The predicted molar refractivity (Wildman–Crippen MR) is 85.8 cm³/mol. The lowest BCUT2D eigenvalue weighted by molar-refractivity contribution is 0.0806. The molecular formula is C15H26O2SSi. The highest BCUT2D eigenvalue weighted by Crippen LogP contribution is 2.28. The molecule has 19 heavy (non-hydrogen) atoms. The molecule has 1 aromatic carbocycles. The smallest absolute Gasteiger partial charge is 0.0735 e. The van der Waals surface area contributed by atoms with Crippen LogP contribution in [0.1, 0.15) is 19.4 Å². The van der Waals surface area contributed by atoms with E-state index in [1.165, 1.54) is 0 Å². The molecule has 0 saturated carbocycles. The first-order chi connectivity index (χ1) is 8.50. The van der Waals surface area contributed by atoms with Gasteiger partial charge in [-0.1, -0.05) is 37.3 Å². The van der Waals surface area contributed by atoms with Gasteiger partial charge in [-0.2, -0.15) is 0 Å². The Balaban J connectivity index is 3.05. The maximum absolute atomic E-state index is 12.8. The third-order valence-electron chi connectivity index (χ3n) is 3.10. The lowest BCUT2D eigenvalue weighted by Crippen LogP contribution is -2.44. The van der Waals surface area contributed by atoms with Gasteiger partial charge < -0.3 is 5.11 Å². The molecule has 0 aliphatic heterocycles. The number of benzene rings is 1. The minimum Gasteiger partial charge on any atom is -0.389 e. The molecule has 0 saturated heterocycles. The van der Waals surface area contributed by atoms with Gasteiger partial charge in [0.05, 0.1) is 21.7 Å². The van der Waals surface area contributed by atoms with Crippen molar-refractivity contribution in [1.82, 2.24) is 0 Å². The van der Waals surface area contributed by atoms with Crippen LogP contribution in [0.15, 0.2) is 29.2 Å². The molecule has 108 valence electrons. The number of hydrogen-bond donors (Lipinski definition) is 1. The monoisotopic (exact) mass is 298 g/mol. The standard InChI is InChI=1S/C15H26O2SSi/c1-12-7-9-13(10-8-12)18(17)14(15(2,3)16)11-19(4,5)6/h7-10,14,16H,11H2,1-6H3/t14-,18-/m0/s1. The number of hydrogen-bond acceptors (Lipinski definition) is 2. The van der Waals surface area contributed by atoms with E-state index in [1.807, 2.05) is 31.2 Å². The Labute approximate surface area is 120 Å². The summed E-state index contributed by atoms with van der Waals surface area (Å²) in [5, 5.41) is 10.1. The molecule has 4 heteroatoms. The van der Waals surface area contributed by atoms with Crippen LogP contribution in [0, 0.1) is 6.92 Å². The predicted octanol–water partition coefficient (Wildman–Crippen LogP) is 3.58. The summed E-state index contributed by atoms with van der Waals surface area (Å²) >= 11 is 0. The van der Waals surface area contributed by atoms with Gasteiger partial charge in [0.25, 0.3) is 0 Å². The fourth-order valence-electron chi connectivity index (χ4n) is 1.98. The highest BCUT2D eigenvalue weighted by molar-refractivity contribution is 7.86. The van der Waals surface area contributed by atoms with Gasteiger partial charge in [-0.3, -0.25) is 4.21 Å². The van der Waals surface area contributed by atoms with Crippen molar-refractivity contribution in [2.75, 3.05) is 0 Å². The Bertz CT molecular complexity index is 441. The Morgan fingerprint density at radius 1 is 1.21 bits per heavy atom. The third-order valence-corrected chi connectivity index (χ3v) is 7.02. The van der Waals surface area contributed by atoms with Crippen LogP contribution in [0.2, 0.25) is 25.7 Å². The van der Waals surface area contributed by atoms with Crippen molar-refractivity contribution >= 4 is 18.9 Å². The number of aliphatic hydroxyl groups is 1. The molecule has 1 N–H and O–H groups in total. The molecule has 0 fully saturated rings. The maximum Gasteiger partial charge on any atom is 0.0735 e. The lowest BCUT2D eigenvalue weighted by Gasteiger charge is -2.33.